The van der Waals surface area contributed by atoms with Crippen molar-refractivity contribution in [3.63, 3.8) is 0 Å². The third-order valence-corrected chi connectivity index (χ3v) is 4.59. The first-order chi connectivity index (χ1) is 12.1. The van der Waals surface area contributed by atoms with Crippen molar-refractivity contribution >= 4 is 5.78 Å². The average molecular weight is 339 g/mol. The number of carbonyl (C=O) groups excluding carboxylic acids is 1. The summed E-state index contributed by atoms with van der Waals surface area (Å²) in [5, 5.41) is 0. The van der Waals surface area contributed by atoms with Crippen LogP contribution in [0.25, 0.3) is 0 Å². The number of hydrogen-bond acceptors (Lipinski definition) is 4. The van der Waals surface area contributed by atoms with Crippen molar-refractivity contribution in [3.05, 3.63) is 65.2 Å². The molecule has 1 aliphatic rings. The number of Topliss-reactive ketones (excluding diaryl/α,β-unsaturated/α-hetero) is 1. The Morgan fingerprint density at radius 3 is 2.72 bits per heavy atom. The zero-order valence-corrected chi connectivity index (χ0v) is 14.9. The fourth-order valence-electron chi connectivity index (χ4n) is 3.22. The number of nitrogens with zero attached hydrogens (tertiary/aromatic N) is 1. The molecule has 2 aromatic carbocycles. The van der Waals surface area contributed by atoms with Crippen molar-refractivity contribution in [2.24, 2.45) is 0 Å². The van der Waals surface area contributed by atoms with E-state index < -0.39 is 0 Å². The smallest absolute Gasteiger partial charge is 0.159 e. The molecule has 0 spiro atoms. The third kappa shape index (κ3) is 4.91. The van der Waals surface area contributed by atoms with E-state index in [0.29, 0.717) is 0 Å². The van der Waals surface area contributed by atoms with Gasteiger partial charge in [-0.1, -0.05) is 30.3 Å². The van der Waals surface area contributed by atoms with Crippen LogP contribution in [0, 0.1) is 0 Å². The van der Waals surface area contributed by atoms with Gasteiger partial charge in [0, 0.05) is 25.2 Å². The maximum Gasteiger partial charge on any atom is 0.159 e. The molecular formula is C21H25NO3. The number of carbonyl (C=O) groups is 1. The van der Waals surface area contributed by atoms with Crippen LogP contribution in [0.2, 0.25) is 0 Å². The van der Waals surface area contributed by atoms with Crippen molar-refractivity contribution < 1.29 is 14.3 Å². The monoisotopic (exact) mass is 339 g/mol. The van der Waals surface area contributed by atoms with Crippen LogP contribution in [-0.2, 0) is 17.7 Å². The highest BCUT2D eigenvalue weighted by Gasteiger charge is 2.21. The summed E-state index contributed by atoms with van der Waals surface area (Å²) in [7, 11) is 1.68. The topological polar surface area (TPSA) is 38.8 Å². The van der Waals surface area contributed by atoms with Gasteiger partial charge in [0.1, 0.15) is 5.75 Å². The van der Waals surface area contributed by atoms with E-state index in [2.05, 4.69) is 23.1 Å². The van der Waals surface area contributed by atoms with Crippen LogP contribution in [-0.4, -0.2) is 43.6 Å². The molecule has 4 nitrogen and oxygen atoms in total. The van der Waals surface area contributed by atoms with Gasteiger partial charge in [0.25, 0.3) is 0 Å². The van der Waals surface area contributed by atoms with Crippen LogP contribution in [0.5, 0.6) is 5.75 Å². The zero-order chi connectivity index (χ0) is 17.6. The Labute approximate surface area is 149 Å². The lowest BCUT2D eigenvalue weighted by Gasteiger charge is -2.33. The molecule has 132 valence electrons. The van der Waals surface area contributed by atoms with E-state index in [1.807, 2.05) is 30.3 Å². The van der Waals surface area contributed by atoms with Crippen LogP contribution < -0.4 is 4.74 Å². The number of rotatable bonds is 6. The summed E-state index contributed by atoms with van der Waals surface area (Å²) in [4.78, 5) is 13.9. The number of morpholine rings is 1. The van der Waals surface area contributed by atoms with Crippen LogP contribution in [0.15, 0.2) is 48.5 Å². The highest BCUT2D eigenvalue weighted by atomic mass is 16.5. The Morgan fingerprint density at radius 2 is 2.00 bits per heavy atom. The quantitative estimate of drug-likeness (QED) is 0.757. The summed E-state index contributed by atoms with van der Waals surface area (Å²) in [6.07, 6.45) is 1.09. The predicted molar refractivity (Wildman–Crippen MR) is 98.2 cm³/mol. The largest absolute Gasteiger partial charge is 0.497 e. The van der Waals surface area contributed by atoms with Crippen LogP contribution in [0.3, 0.4) is 0 Å². The minimum absolute atomic E-state index is 0.112. The lowest BCUT2D eigenvalue weighted by Crippen LogP contribution is -2.42. The molecule has 1 aliphatic heterocycles. The average Bonchev–Trinajstić information content (AvgIpc) is 2.63. The van der Waals surface area contributed by atoms with Crippen molar-refractivity contribution in [2.75, 3.05) is 26.8 Å². The Kier molecular flexibility index (Phi) is 5.84. The summed E-state index contributed by atoms with van der Waals surface area (Å²) in [5.74, 6) is 0.988. The molecule has 3 rings (SSSR count). The number of methoxy groups -OCH3 is 1. The molecule has 2 aromatic rings. The van der Waals surface area contributed by atoms with E-state index in [1.165, 1.54) is 11.1 Å². The first-order valence-corrected chi connectivity index (χ1v) is 8.71. The van der Waals surface area contributed by atoms with Gasteiger partial charge >= 0.3 is 0 Å². The highest BCUT2D eigenvalue weighted by molar-refractivity contribution is 5.94. The van der Waals surface area contributed by atoms with Crippen molar-refractivity contribution in [2.45, 2.75) is 26.0 Å². The molecule has 0 saturated carbocycles. The normalized spacial score (nSPS) is 18.1. The molecule has 1 fully saturated rings. The molecule has 0 N–H and O–H groups in total. The minimum atomic E-state index is 0.112. The van der Waals surface area contributed by atoms with Gasteiger partial charge in [-0.2, -0.15) is 0 Å². The maximum atomic E-state index is 11.5. The second kappa shape index (κ2) is 8.28. The van der Waals surface area contributed by atoms with Gasteiger partial charge < -0.3 is 9.47 Å². The number of ketones is 1. The Morgan fingerprint density at radius 1 is 1.20 bits per heavy atom. The van der Waals surface area contributed by atoms with Crippen molar-refractivity contribution in [1.29, 1.82) is 0 Å². The maximum absolute atomic E-state index is 11.5. The van der Waals surface area contributed by atoms with Gasteiger partial charge in [-0.05, 0) is 42.7 Å². The van der Waals surface area contributed by atoms with E-state index in [4.69, 9.17) is 9.47 Å². The second-order valence-electron chi connectivity index (χ2n) is 6.54. The summed E-state index contributed by atoms with van der Waals surface area (Å²) < 4.78 is 11.1. The van der Waals surface area contributed by atoms with E-state index in [9.17, 15) is 4.79 Å². The van der Waals surface area contributed by atoms with E-state index in [0.717, 1.165) is 44.0 Å². The lowest BCUT2D eigenvalue weighted by atomic mass is 10.0. The SMILES string of the molecule is COc1ccc(CC2CN(Cc3cccc(C(C)=O)c3)CCO2)cc1. The Balaban J connectivity index is 1.59. The van der Waals surface area contributed by atoms with Gasteiger partial charge in [0.2, 0.25) is 0 Å². The van der Waals surface area contributed by atoms with Gasteiger partial charge in [-0.25, -0.2) is 0 Å². The summed E-state index contributed by atoms with van der Waals surface area (Å²) >= 11 is 0. The molecule has 0 aromatic heterocycles. The molecule has 4 heteroatoms. The van der Waals surface area contributed by atoms with Crippen LogP contribution >= 0.6 is 0 Å². The zero-order valence-electron chi connectivity index (χ0n) is 14.9. The van der Waals surface area contributed by atoms with E-state index in [1.54, 1.807) is 14.0 Å². The first kappa shape index (κ1) is 17.6. The lowest BCUT2D eigenvalue weighted by molar-refractivity contribution is -0.0305. The highest BCUT2D eigenvalue weighted by Crippen LogP contribution is 2.17. The minimum Gasteiger partial charge on any atom is -0.497 e. The fourth-order valence-corrected chi connectivity index (χ4v) is 3.22. The molecule has 0 aliphatic carbocycles. The Hall–Kier alpha value is -2.17. The molecule has 1 saturated heterocycles. The molecule has 1 heterocycles. The molecule has 1 unspecified atom stereocenters. The molecular weight excluding hydrogens is 314 g/mol. The summed E-state index contributed by atoms with van der Waals surface area (Å²) in [6.45, 7) is 5.02. The van der Waals surface area contributed by atoms with Crippen molar-refractivity contribution in [1.82, 2.24) is 4.90 Å². The van der Waals surface area contributed by atoms with Gasteiger partial charge in [0.15, 0.2) is 5.78 Å². The van der Waals surface area contributed by atoms with Gasteiger partial charge in [-0.3, -0.25) is 9.69 Å². The molecule has 0 bridgehead atoms. The first-order valence-electron chi connectivity index (χ1n) is 8.71. The van der Waals surface area contributed by atoms with E-state index in [-0.39, 0.29) is 11.9 Å². The Bertz CT molecular complexity index is 711. The third-order valence-electron chi connectivity index (χ3n) is 4.59. The number of hydrogen-bond donors (Lipinski definition) is 0. The van der Waals surface area contributed by atoms with Gasteiger partial charge in [0.05, 0.1) is 19.8 Å². The van der Waals surface area contributed by atoms with Crippen molar-refractivity contribution in [3.8, 4) is 5.75 Å². The fraction of sp³-hybridized carbons (Fsp3) is 0.381. The van der Waals surface area contributed by atoms with E-state index >= 15 is 0 Å². The predicted octanol–water partition coefficient (Wildman–Crippen LogP) is 3.34. The standard InChI is InChI=1S/C21H25NO3/c1-16(23)19-5-3-4-18(12-19)14-22-10-11-25-21(15-22)13-17-6-8-20(24-2)9-7-17/h3-9,12,21H,10-11,13-15H2,1-2H3. The van der Waals surface area contributed by atoms with Crippen LogP contribution in [0.1, 0.15) is 28.4 Å². The number of ether oxygens (including phenoxy) is 2. The number of benzene rings is 2. The van der Waals surface area contributed by atoms with Gasteiger partial charge in [-0.15, -0.1) is 0 Å². The van der Waals surface area contributed by atoms with Crippen LogP contribution in [0.4, 0.5) is 0 Å². The molecule has 25 heavy (non-hydrogen) atoms. The molecule has 0 amide bonds. The second-order valence-corrected chi connectivity index (χ2v) is 6.54. The summed E-state index contributed by atoms with van der Waals surface area (Å²) in [5.41, 5.74) is 3.21. The molecule has 0 radical (unpaired) electrons. The molecule has 1 atom stereocenters. The summed E-state index contributed by atoms with van der Waals surface area (Å²) in [6, 6.07) is 16.1.